The van der Waals surface area contributed by atoms with Crippen molar-refractivity contribution in [1.29, 1.82) is 0 Å². The van der Waals surface area contributed by atoms with Gasteiger partial charge in [0.1, 0.15) is 5.75 Å². The summed E-state index contributed by atoms with van der Waals surface area (Å²) in [4.78, 5) is 12.5. The summed E-state index contributed by atoms with van der Waals surface area (Å²) in [5.41, 5.74) is 4.34. The third kappa shape index (κ3) is 4.83. The van der Waals surface area contributed by atoms with E-state index < -0.39 is 10.0 Å². The summed E-state index contributed by atoms with van der Waals surface area (Å²) in [7, 11) is -1.66. The van der Waals surface area contributed by atoms with Crippen LogP contribution in [-0.4, -0.2) is 34.2 Å². The van der Waals surface area contributed by atoms with E-state index in [2.05, 4.69) is 49.0 Å². The third-order valence-electron chi connectivity index (χ3n) is 6.03. The molecule has 1 saturated heterocycles. The van der Waals surface area contributed by atoms with E-state index in [1.807, 2.05) is 24.3 Å². The van der Waals surface area contributed by atoms with Crippen LogP contribution < -0.4 is 14.8 Å². The average molecular weight is 467 g/mol. The molecule has 2 N–H and O–H groups in total. The molecule has 1 heterocycles. The lowest BCUT2D eigenvalue weighted by Gasteiger charge is -2.26. The van der Waals surface area contributed by atoms with Crippen molar-refractivity contribution >= 4 is 32.4 Å². The Kier molecular flexibility index (Phi) is 5.86. The van der Waals surface area contributed by atoms with E-state index in [0.717, 1.165) is 51.5 Å². The molecule has 0 aliphatic carbocycles. The first kappa shape index (κ1) is 23.1. The van der Waals surface area contributed by atoms with Gasteiger partial charge >= 0.3 is 0 Å². The van der Waals surface area contributed by atoms with Gasteiger partial charge in [-0.05, 0) is 58.0 Å². The third-order valence-corrected chi connectivity index (χ3v) is 6.64. The van der Waals surface area contributed by atoms with Crippen LogP contribution in [-0.2, 0) is 20.2 Å². The molecule has 1 unspecified atom stereocenters. The van der Waals surface area contributed by atoms with Crippen LogP contribution in [0.3, 0.4) is 0 Å². The highest BCUT2D eigenvalue weighted by atomic mass is 32.2. The molecule has 0 spiro atoms. The molecule has 6 nitrogen and oxygen atoms in total. The first-order valence-electron chi connectivity index (χ1n) is 11.0. The molecule has 3 aromatic rings. The smallest absolute Gasteiger partial charge is 0.229 e. The summed E-state index contributed by atoms with van der Waals surface area (Å²) in [6.45, 7) is 7.12. The van der Waals surface area contributed by atoms with Crippen LogP contribution >= 0.6 is 0 Å². The zero-order chi connectivity index (χ0) is 24.0. The molecule has 1 amide bonds. The Morgan fingerprint density at radius 2 is 1.73 bits per heavy atom. The molecule has 1 aliphatic rings. The van der Waals surface area contributed by atoms with Crippen LogP contribution in [0.5, 0.6) is 5.75 Å². The maximum absolute atomic E-state index is 12.5. The molecule has 1 atom stereocenters. The molecular formula is C26H30N2O4S. The lowest BCUT2D eigenvalue weighted by atomic mass is 9.81. The van der Waals surface area contributed by atoms with E-state index >= 15 is 0 Å². The van der Waals surface area contributed by atoms with E-state index in [1.54, 1.807) is 13.2 Å². The van der Waals surface area contributed by atoms with Crippen molar-refractivity contribution in [2.45, 2.75) is 38.5 Å². The number of methoxy groups -OCH3 is 1. The SMILES string of the molecule is COc1c(-c2ccc3cc(NS(C)(=O)=O)ccc3c2)cc(C2CCNC2=O)cc1C(C)(C)C. The minimum absolute atomic E-state index is 0.0652. The maximum Gasteiger partial charge on any atom is 0.229 e. The Morgan fingerprint density at radius 1 is 1.03 bits per heavy atom. The molecule has 3 aromatic carbocycles. The number of sulfonamides is 1. The van der Waals surface area contributed by atoms with Crippen molar-refractivity contribution < 1.29 is 17.9 Å². The lowest BCUT2D eigenvalue weighted by Crippen LogP contribution is -2.19. The zero-order valence-electron chi connectivity index (χ0n) is 19.7. The van der Waals surface area contributed by atoms with Gasteiger partial charge in [-0.1, -0.05) is 45.0 Å². The highest BCUT2D eigenvalue weighted by molar-refractivity contribution is 7.92. The maximum atomic E-state index is 12.5. The van der Waals surface area contributed by atoms with Crippen LogP contribution in [0.15, 0.2) is 48.5 Å². The Morgan fingerprint density at radius 3 is 2.33 bits per heavy atom. The second-order valence-corrected chi connectivity index (χ2v) is 11.4. The van der Waals surface area contributed by atoms with E-state index in [4.69, 9.17) is 4.74 Å². The van der Waals surface area contributed by atoms with E-state index in [1.165, 1.54) is 0 Å². The number of hydrogen-bond donors (Lipinski definition) is 2. The highest BCUT2D eigenvalue weighted by Gasteiger charge is 2.30. The second kappa shape index (κ2) is 8.37. The first-order valence-corrected chi connectivity index (χ1v) is 12.9. The molecular weight excluding hydrogens is 436 g/mol. The van der Waals surface area contributed by atoms with Crippen LogP contribution in [0, 0.1) is 0 Å². The van der Waals surface area contributed by atoms with Gasteiger partial charge in [-0.25, -0.2) is 8.42 Å². The van der Waals surface area contributed by atoms with E-state index in [-0.39, 0.29) is 17.2 Å². The molecule has 0 saturated carbocycles. The fraction of sp³-hybridized carbons (Fsp3) is 0.346. The van der Waals surface area contributed by atoms with Crippen LogP contribution in [0.25, 0.3) is 21.9 Å². The second-order valence-electron chi connectivity index (χ2n) is 9.68. The van der Waals surface area contributed by atoms with Crippen molar-refractivity contribution in [2.24, 2.45) is 0 Å². The summed E-state index contributed by atoms with van der Waals surface area (Å²) in [5, 5.41) is 4.85. The number of benzene rings is 3. The number of hydrogen-bond acceptors (Lipinski definition) is 4. The minimum atomic E-state index is -3.34. The van der Waals surface area contributed by atoms with Gasteiger partial charge in [0.15, 0.2) is 0 Å². The monoisotopic (exact) mass is 466 g/mol. The van der Waals surface area contributed by atoms with Gasteiger partial charge in [0.25, 0.3) is 0 Å². The van der Waals surface area contributed by atoms with Crippen molar-refractivity contribution in [3.63, 3.8) is 0 Å². The number of fused-ring (bicyclic) bond motifs is 1. The predicted octanol–water partition coefficient (Wildman–Crippen LogP) is 4.79. The molecule has 33 heavy (non-hydrogen) atoms. The Hall–Kier alpha value is -3.06. The van der Waals surface area contributed by atoms with E-state index in [9.17, 15) is 13.2 Å². The number of carbonyl (C=O) groups is 1. The summed E-state index contributed by atoms with van der Waals surface area (Å²) in [6.07, 6.45) is 1.92. The molecule has 0 radical (unpaired) electrons. The largest absolute Gasteiger partial charge is 0.496 e. The van der Waals surface area contributed by atoms with Crippen molar-refractivity contribution in [2.75, 3.05) is 24.6 Å². The van der Waals surface area contributed by atoms with E-state index in [0.29, 0.717) is 12.2 Å². The minimum Gasteiger partial charge on any atom is -0.496 e. The quantitative estimate of drug-likeness (QED) is 0.566. The standard InChI is InChI=1S/C26H30N2O4S/c1-26(2,3)23-15-19(21-10-11-27-25(21)29)14-22(24(23)32-4)18-7-6-17-13-20(28-33(5,30)31)9-8-16(17)12-18/h6-9,12-15,21,28H,10-11H2,1-5H3,(H,27,29). The first-order chi connectivity index (χ1) is 15.5. The highest BCUT2D eigenvalue weighted by Crippen LogP contribution is 2.43. The summed E-state index contributed by atoms with van der Waals surface area (Å²) in [6, 6.07) is 15.7. The molecule has 1 fully saturated rings. The fourth-order valence-electron chi connectivity index (χ4n) is 4.45. The summed E-state index contributed by atoms with van der Waals surface area (Å²) >= 11 is 0. The lowest BCUT2D eigenvalue weighted by molar-refractivity contribution is -0.120. The molecule has 0 aromatic heterocycles. The molecule has 4 rings (SSSR count). The summed E-state index contributed by atoms with van der Waals surface area (Å²) in [5.74, 6) is 0.704. The van der Waals surface area contributed by atoms with Crippen molar-refractivity contribution in [1.82, 2.24) is 5.32 Å². The number of rotatable bonds is 5. The van der Waals surface area contributed by atoms with Gasteiger partial charge in [-0.2, -0.15) is 0 Å². The Bertz CT molecular complexity index is 1340. The number of amides is 1. The van der Waals surface area contributed by atoms with Gasteiger partial charge in [0.2, 0.25) is 15.9 Å². The number of carbonyl (C=O) groups excluding carboxylic acids is 1. The molecule has 7 heteroatoms. The van der Waals surface area contributed by atoms with Crippen molar-refractivity contribution in [3.05, 3.63) is 59.7 Å². The zero-order valence-corrected chi connectivity index (χ0v) is 20.5. The predicted molar refractivity (Wildman–Crippen MR) is 133 cm³/mol. The van der Waals surface area contributed by atoms with Gasteiger partial charge in [-0.3, -0.25) is 9.52 Å². The van der Waals surface area contributed by atoms with Crippen LogP contribution in [0.1, 0.15) is 44.2 Å². The number of ether oxygens (including phenoxy) is 1. The average Bonchev–Trinajstić information content (AvgIpc) is 3.16. The number of anilines is 1. The fourth-order valence-corrected chi connectivity index (χ4v) is 5.00. The molecule has 1 aliphatic heterocycles. The summed E-state index contributed by atoms with van der Waals surface area (Å²) < 4.78 is 31.6. The van der Waals surface area contributed by atoms with Gasteiger partial charge in [0, 0.05) is 23.4 Å². The van der Waals surface area contributed by atoms with Crippen LogP contribution in [0.4, 0.5) is 5.69 Å². The number of nitrogens with one attached hydrogen (secondary N) is 2. The van der Waals surface area contributed by atoms with Gasteiger partial charge in [-0.15, -0.1) is 0 Å². The molecule has 174 valence electrons. The van der Waals surface area contributed by atoms with Gasteiger partial charge in [0.05, 0.1) is 19.3 Å². The molecule has 0 bridgehead atoms. The topological polar surface area (TPSA) is 84.5 Å². The Labute approximate surface area is 195 Å². The van der Waals surface area contributed by atoms with Crippen molar-refractivity contribution in [3.8, 4) is 16.9 Å². The van der Waals surface area contributed by atoms with Crippen LogP contribution in [0.2, 0.25) is 0 Å². The Balaban J connectivity index is 1.87. The van der Waals surface area contributed by atoms with Gasteiger partial charge < -0.3 is 10.1 Å². The normalized spacial score (nSPS) is 16.6.